The molecule has 18 heavy (non-hydrogen) atoms. The zero-order chi connectivity index (χ0) is 12.8. The Kier molecular flexibility index (Phi) is 4.46. The van der Waals surface area contributed by atoms with Gasteiger partial charge in [-0.3, -0.25) is 9.78 Å². The molecule has 0 aliphatic carbocycles. The van der Waals surface area contributed by atoms with Crippen LogP contribution in [-0.4, -0.2) is 10.8 Å². The Morgan fingerprint density at radius 1 is 1.11 bits per heavy atom. The van der Waals surface area contributed by atoms with E-state index in [0.29, 0.717) is 12.1 Å². The van der Waals surface area contributed by atoms with Crippen LogP contribution in [0.25, 0.3) is 10.8 Å². The lowest BCUT2D eigenvalue weighted by atomic mass is 10.0. The van der Waals surface area contributed by atoms with Crippen LogP contribution >= 0.6 is 0 Å². The molecule has 0 N–H and O–H groups in total. The second-order valence-electron chi connectivity index (χ2n) is 4.61. The van der Waals surface area contributed by atoms with Crippen molar-refractivity contribution in [2.24, 2.45) is 0 Å². The van der Waals surface area contributed by atoms with Gasteiger partial charge in [-0.25, -0.2) is 0 Å². The van der Waals surface area contributed by atoms with Crippen LogP contribution in [0.1, 0.15) is 49.5 Å². The second kappa shape index (κ2) is 6.29. The van der Waals surface area contributed by atoms with E-state index in [-0.39, 0.29) is 5.78 Å². The van der Waals surface area contributed by atoms with Crippen LogP contribution in [0.15, 0.2) is 36.5 Å². The van der Waals surface area contributed by atoms with Gasteiger partial charge in [-0.1, -0.05) is 50.5 Å². The van der Waals surface area contributed by atoms with Gasteiger partial charge in [0.25, 0.3) is 0 Å². The number of pyridine rings is 1. The summed E-state index contributed by atoms with van der Waals surface area (Å²) in [5.74, 6) is 0.169. The van der Waals surface area contributed by atoms with Gasteiger partial charge in [0.15, 0.2) is 5.78 Å². The van der Waals surface area contributed by atoms with Gasteiger partial charge in [-0.05, 0) is 17.9 Å². The van der Waals surface area contributed by atoms with E-state index in [2.05, 4.69) is 11.9 Å². The maximum atomic E-state index is 12.2. The third kappa shape index (κ3) is 2.95. The van der Waals surface area contributed by atoms with Gasteiger partial charge >= 0.3 is 0 Å². The van der Waals surface area contributed by atoms with Gasteiger partial charge < -0.3 is 0 Å². The largest absolute Gasteiger partial charge is 0.292 e. The summed E-state index contributed by atoms with van der Waals surface area (Å²) in [6.45, 7) is 2.17. The maximum absolute atomic E-state index is 12.2. The smallest absolute Gasteiger partial charge is 0.181 e. The normalized spacial score (nSPS) is 10.7. The number of ketones is 1. The number of nitrogens with zero attached hydrogens (tertiary/aromatic N) is 1. The SMILES string of the molecule is CCCCCCC(=O)c1nccc2ccccc12. The number of rotatable bonds is 6. The number of carbonyl (C=O) groups excluding carboxylic acids is 1. The van der Waals surface area contributed by atoms with Crippen LogP contribution in [0.5, 0.6) is 0 Å². The van der Waals surface area contributed by atoms with Crippen molar-refractivity contribution in [3.05, 3.63) is 42.2 Å². The van der Waals surface area contributed by atoms with E-state index in [1.165, 1.54) is 12.8 Å². The van der Waals surface area contributed by atoms with Crippen molar-refractivity contribution < 1.29 is 4.79 Å². The van der Waals surface area contributed by atoms with Crippen LogP contribution in [-0.2, 0) is 0 Å². The zero-order valence-corrected chi connectivity index (χ0v) is 10.9. The van der Waals surface area contributed by atoms with E-state index in [9.17, 15) is 4.79 Å². The number of unbranched alkanes of at least 4 members (excludes halogenated alkanes) is 3. The molecule has 1 aromatic heterocycles. The highest BCUT2D eigenvalue weighted by Gasteiger charge is 2.10. The predicted molar refractivity (Wildman–Crippen MR) is 74.8 cm³/mol. The quantitative estimate of drug-likeness (QED) is 0.554. The Bertz CT molecular complexity index is 528. The summed E-state index contributed by atoms with van der Waals surface area (Å²) in [6.07, 6.45) is 6.84. The van der Waals surface area contributed by atoms with Crippen LogP contribution in [0.3, 0.4) is 0 Å². The number of benzene rings is 1. The van der Waals surface area contributed by atoms with E-state index in [0.717, 1.165) is 23.6 Å². The standard InChI is InChI=1S/C16H19NO/c1-2-3-4-5-10-15(18)16-14-9-7-6-8-13(14)11-12-17-16/h6-9,11-12H,2-5,10H2,1H3. The molecule has 0 fully saturated rings. The third-order valence-corrected chi connectivity index (χ3v) is 3.20. The number of hydrogen-bond donors (Lipinski definition) is 0. The summed E-state index contributed by atoms with van der Waals surface area (Å²) in [7, 11) is 0. The minimum absolute atomic E-state index is 0.169. The van der Waals surface area contributed by atoms with Crippen LogP contribution < -0.4 is 0 Å². The Morgan fingerprint density at radius 2 is 1.94 bits per heavy atom. The number of hydrogen-bond acceptors (Lipinski definition) is 2. The highest BCUT2D eigenvalue weighted by atomic mass is 16.1. The fourth-order valence-corrected chi connectivity index (χ4v) is 2.17. The van der Waals surface area contributed by atoms with Crippen molar-refractivity contribution in [3.8, 4) is 0 Å². The molecule has 1 heterocycles. The molecule has 2 nitrogen and oxygen atoms in total. The van der Waals surface area contributed by atoms with Crippen molar-refractivity contribution in [1.29, 1.82) is 0 Å². The summed E-state index contributed by atoms with van der Waals surface area (Å²) in [5, 5.41) is 2.06. The Balaban J connectivity index is 2.13. The first kappa shape index (κ1) is 12.7. The molecule has 0 bridgehead atoms. The Hall–Kier alpha value is -1.70. The average molecular weight is 241 g/mol. The van der Waals surface area contributed by atoms with Crippen LogP contribution in [0.4, 0.5) is 0 Å². The minimum atomic E-state index is 0.169. The molecular formula is C16H19NO. The highest BCUT2D eigenvalue weighted by molar-refractivity contribution is 6.06. The van der Waals surface area contributed by atoms with Crippen LogP contribution in [0.2, 0.25) is 0 Å². The summed E-state index contributed by atoms with van der Waals surface area (Å²) in [5.41, 5.74) is 0.629. The highest BCUT2D eigenvalue weighted by Crippen LogP contribution is 2.18. The Morgan fingerprint density at radius 3 is 2.78 bits per heavy atom. The molecule has 1 aromatic carbocycles. The Labute approximate surface area is 108 Å². The lowest BCUT2D eigenvalue weighted by Gasteiger charge is -2.04. The first-order valence-electron chi connectivity index (χ1n) is 6.70. The first-order valence-corrected chi connectivity index (χ1v) is 6.70. The molecule has 0 spiro atoms. The van der Waals surface area contributed by atoms with Crippen molar-refractivity contribution in [3.63, 3.8) is 0 Å². The molecule has 0 aliphatic heterocycles. The van der Waals surface area contributed by atoms with Gasteiger partial charge in [0.2, 0.25) is 0 Å². The van der Waals surface area contributed by atoms with Crippen molar-refractivity contribution in [1.82, 2.24) is 4.98 Å². The molecule has 0 saturated heterocycles. The molecule has 2 heteroatoms. The topological polar surface area (TPSA) is 30.0 Å². The van der Waals surface area contributed by atoms with Crippen molar-refractivity contribution >= 4 is 16.6 Å². The second-order valence-corrected chi connectivity index (χ2v) is 4.61. The first-order chi connectivity index (χ1) is 8.83. The zero-order valence-electron chi connectivity index (χ0n) is 10.9. The maximum Gasteiger partial charge on any atom is 0.181 e. The average Bonchev–Trinajstić information content (AvgIpc) is 2.43. The van der Waals surface area contributed by atoms with E-state index in [1.54, 1.807) is 6.20 Å². The van der Waals surface area contributed by atoms with E-state index in [1.807, 2.05) is 30.3 Å². The van der Waals surface area contributed by atoms with Gasteiger partial charge in [-0.15, -0.1) is 0 Å². The molecule has 0 aliphatic rings. The van der Waals surface area contributed by atoms with Crippen molar-refractivity contribution in [2.45, 2.75) is 39.0 Å². The van der Waals surface area contributed by atoms with Crippen molar-refractivity contribution in [2.75, 3.05) is 0 Å². The summed E-state index contributed by atoms with van der Waals surface area (Å²) < 4.78 is 0. The summed E-state index contributed by atoms with van der Waals surface area (Å²) in [6, 6.07) is 9.88. The molecule has 2 aromatic rings. The molecule has 0 amide bonds. The lowest BCUT2D eigenvalue weighted by molar-refractivity contribution is 0.0976. The summed E-state index contributed by atoms with van der Waals surface area (Å²) >= 11 is 0. The molecule has 0 radical (unpaired) electrons. The fraction of sp³-hybridized carbons (Fsp3) is 0.375. The van der Waals surface area contributed by atoms with E-state index < -0.39 is 0 Å². The number of carbonyl (C=O) groups is 1. The summed E-state index contributed by atoms with van der Waals surface area (Å²) in [4.78, 5) is 16.4. The van der Waals surface area contributed by atoms with E-state index >= 15 is 0 Å². The molecule has 0 saturated carbocycles. The monoisotopic (exact) mass is 241 g/mol. The molecule has 2 rings (SSSR count). The fourth-order valence-electron chi connectivity index (χ4n) is 2.17. The number of fused-ring (bicyclic) bond motifs is 1. The number of aromatic nitrogens is 1. The van der Waals surface area contributed by atoms with Gasteiger partial charge in [-0.2, -0.15) is 0 Å². The number of Topliss-reactive ketones (excluding diaryl/α,β-unsaturated/α-hetero) is 1. The molecule has 94 valence electrons. The molecule has 0 unspecified atom stereocenters. The van der Waals surface area contributed by atoms with Gasteiger partial charge in [0.1, 0.15) is 5.69 Å². The van der Waals surface area contributed by atoms with Crippen LogP contribution in [0, 0.1) is 0 Å². The minimum Gasteiger partial charge on any atom is -0.292 e. The third-order valence-electron chi connectivity index (χ3n) is 3.20. The lowest BCUT2D eigenvalue weighted by Crippen LogP contribution is -2.02. The van der Waals surface area contributed by atoms with Gasteiger partial charge in [0, 0.05) is 18.0 Å². The molecule has 0 atom stereocenters. The molecular weight excluding hydrogens is 222 g/mol. The predicted octanol–water partition coefficient (Wildman–Crippen LogP) is 4.39. The van der Waals surface area contributed by atoms with Gasteiger partial charge in [0.05, 0.1) is 0 Å². The van der Waals surface area contributed by atoms with E-state index in [4.69, 9.17) is 0 Å².